The van der Waals surface area contributed by atoms with Crippen LogP contribution < -0.4 is 10.6 Å². The van der Waals surface area contributed by atoms with Crippen LogP contribution in [0.5, 0.6) is 0 Å². The largest absolute Gasteiger partial charge is 0.369 e. The highest BCUT2D eigenvalue weighted by Crippen LogP contribution is 2.33. The van der Waals surface area contributed by atoms with Gasteiger partial charge in [-0.3, -0.25) is 0 Å². The molecule has 0 radical (unpaired) electrons. The fourth-order valence-electron chi connectivity index (χ4n) is 2.34. The average molecular weight is 343 g/mol. The van der Waals surface area contributed by atoms with Crippen LogP contribution in [-0.4, -0.2) is 12.5 Å². The van der Waals surface area contributed by atoms with Crippen molar-refractivity contribution in [2.75, 3.05) is 11.4 Å². The molecule has 0 bridgehead atoms. The first-order valence-corrected chi connectivity index (χ1v) is 7.06. The monoisotopic (exact) mass is 341 g/mol. The first kappa shape index (κ1) is 16.0. The molecule has 0 saturated heterocycles. The summed E-state index contributed by atoms with van der Waals surface area (Å²) < 4.78 is 0. The fourth-order valence-corrected chi connectivity index (χ4v) is 2.68. The summed E-state index contributed by atoms with van der Waals surface area (Å²) in [5.74, 6) is 0.430. The minimum Gasteiger partial charge on any atom is -0.369 e. The lowest BCUT2D eigenvalue weighted by molar-refractivity contribution is 1.01. The molecule has 2 N–H and O–H groups in total. The van der Waals surface area contributed by atoms with Crippen LogP contribution in [-0.2, 0) is 6.42 Å². The van der Waals surface area contributed by atoms with Crippen LogP contribution in [0.1, 0.15) is 5.56 Å². The van der Waals surface area contributed by atoms with Crippen molar-refractivity contribution in [2.24, 2.45) is 10.7 Å². The molecule has 3 nitrogen and oxygen atoms in total. The summed E-state index contributed by atoms with van der Waals surface area (Å²) in [4.78, 5) is 6.40. The van der Waals surface area contributed by atoms with Crippen LogP contribution in [0.15, 0.2) is 47.5 Å². The molecule has 0 atom stereocenters. The van der Waals surface area contributed by atoms with Crippen LogP contribution >= 0.6 is 35.6 Å². The number of fused-ring (bicyclic) bond motifs is 1. The second-order valence-corrected chi connectivity index (χ2v) is 5.36. The Labute approximate surface area is 139 Å². The van der Waals surface area contributed by atoms with Crippen LogP contribution in [0.3, 0.4) is 0 Å². The van der Waals surface area contributed by atoms with Gasteiger partial charge >= 0.3 is 0 Å². The third-order valence-electron chi connectivity index (χ3n) is 3.33. The normalized spacial score (nSPS) is 13.8. The minimum atomic E-state index is 0. The zero-order valence-electron chi connectivity index (χ0n) is 11.1. The Hall–Kier alpha value is -1.42. The Kier molecular flexibility index (Phi) is 4.99. The molecule has 6 heteroatoms. The molecule has 0 unspecified atom stereocenters. The predicted octanol–water partition coefficient (Wildman–Crippen LogP) is 4.42. The van der Waals surface area contributed by atoms with Gasteiger partial charge in [-0.2, -0.15) is 0 Å². The van der Waals surface area contributed by atoms with E-state index in [2.05, 4.69) is 11.1 Å². The number of para-hydroxylation sites is 1. The van der Waals surface area contributed by atoms with Crippen molar-refractivity contribution in [1.29, 1.82) is 0 Å². The third kappa shape index (κ3) is 3.10. The molecule has 2 aromatic carbocycles. The van der Waals surface area contributed by atoms with Gasteiger partial charge < -0.3 is 10.6 Å². The molecule has 1 heterocycles. The molecule has 1 aliphatic rings. The summed E-state index contributed by atoms with van der Waals surface area (Å²) in [5, 5.41) is 0.895. The van der Waals surface area contributed by atoms with Crippen molar-refractivity contribution in [1.82, 2.24) is 0 Å². The first-order chi connectivity index (χ1) is 9.66. The Balaban J connectivity index is 0.00000161. The number of aliphatic imine (C=N–C) groups is 1. The topological polar surface area (TPSA) is 41.6 Å². The van der Waals surface area contributed by atoms with Crippen molar-refractivity contribution in [3.8, 4) is 0 Å². The molecular formula is C15H14Cl3N3. The van der Waals surface area contributed by atoms with E-state index in [9.17, 15) is 0 Å². The number of hydrogen-bond donors (Lipinski definition) is 1. The summed E-state index contributed by atoms with van der Waals surface area (Å²) in [6.45, 7) is 0.826. The third-order valence-corrected chi connectivity index (χ3v) is 4.14. The Bertz CT molecular complexity index is 686. The number of halogens is 3. The van der Waals surface area contributed by atoms with Gasteiger partial charge in [0.05, 0.1) is 15.7 Å². The second kappa shape index (κ2) is 6.56. The molecule has 110 valence electrons. The quantitative estimate of drug-likeness (QED) is 0.615. The lowest BCUT2D eigenvalue weighted by Gasteiger charge is -2.18. The highest BCUT2D eigenvalue weighted by molar-refractivity contribution is 6.43. The molecule has 2 aromatic rings. The fraction of sp³-hybridized carbons (Fsp3) is 0.133. The smallest absolute Gasteiger partial charge is 0.201 e. The molecule has 3 rings (SSSR count). The van der Waals surface area contributed by atoms with E-state index in [0.717, 1.165) is 18.7 Å². The molecule has 0 saturated carbocycles. The van der Waals surface area contributed by atoms with Gasteiger partial charge in [0.2, 0.25) is 5.96 Å². The van der Waals surface area contributed by atoms with E-state index in [1.54, 1.807) is 18.2 Å². The maximum Gasteiger partial charge on any atom is 0.201 e. The van der Waals surface area contributed by atoms with E-state index in [0.29, 0.717) is 21.7 Å². The summed E-state index contributed by atoms with van der Waals surface area (Å²) in [6.07, 6.45) is 0.968. The highest BCUT2D eigenvalue weighted by atomic mass is 35.5. The average Bonchev–Trinajstić information content (AvgIpc) is 2.88. The van der Waals surface area contributed by atoms with Crippen molar-refractivity contribution in [3.63, 3.8) is 0 Å². The number of nitrogens with zero attached hydrogens (tertiary/aromatic N) is 2. The van der Waals surface area contributed by atoms with Gasteiger partial charge in [0, 0.05) is 12.2 Å². The summed E-state index contributed by atoms with van der Waals surface area (Å²) in [7, 11) is 0. The zero-order valence-corrected chi connectivity index (χ0v) is 13.4. The van der Waals surface area contributed by atoms with Crippen molar-refractivity contribution >= 4 is 52.9 Å². The second-order valence-electron chi connectivity index (χ2n) is 4.57. The van der Waals surface area contributed by atoms with E-state index < -0.39 is 0 Å². The SMILES string of the molecule is Cl.NC(=Nc1cccc(Cl)c1Cl)N1CCc2ccccc21. The Morgan fingerprint density at radius 1 is 1.10 bits per heavy atom. The molecule has 0 fully saturated rings. The summed E-state index contributed by atoms with van der Waals surface area (Å²) in [5.41, 5.74) is 9.09. The number of guanidine groups is 1. The van der Waals surface area contributed by atoms with Gasteiger partial charge in [0.1, 0.15) is 0 Å². The molecule has 0 aliphatic carbocycles. The molecular weight excluding hydrogens is 329 g/mol. The number of hydrogen-bond acceptors (Lipinski definition) is 1. The maximum absolute atomic E-state index is 6.13. The first-order valence-electron chi connectivity index (χ1n) is 6.30. The van der Waals surface area contributed by atoms with Crippen LogP contribution in [0, 0.1) is 0 Å². The van der Waals surface area contributed by atoms with E-state index in [-0.39, 0.29) is 12.4 Å². The molecule has 0 aromatic heterocycles. The lowest BCUT2D eigenvalue weighted by Crippen LogP contribution is -2.35. The summed E-state index contributed by atoms with van der Waals surface area (Å²) in [6, 6.07) is 13.5. The van der Waals surface area contributed by atoms with Crippen LogP contribution in [0.4, 0.5) is 11.4 Å². The number of anilines is 1. The lowest BCUT2D eigenvalue weighted by atomic mass is 10.2. The molecule has 0 spiro atoms. The molecule has 21 heavy (non-hydrogen) atoms. The molecule has 0 amide bonds. The zero-order chi connectivity index (χ0) is 14.1. The van der Waals surface area contributed by atoms with E-state index in [1.807, 2.05) is 23.1 Å². The Morgan fingerprint density at radius 2 is 1.86 bits per heavy atom. The van der Waals surface area contributed by atoms with Crippen molar-refractivity contribution < 1.29 is 0 Å². The maximum atomic E-state index is 6.13. The van der Waals surface area contributed by atoms with Crippen molar-refractivity contribution in [3.05, 3.63) is 58.1 Å². The van der Waals surface area contributed by atoms with Crippen LogP contribution in [0.2, 0.25) is 10.0 Å². The summed E-state index contributed by atoms with van der Waals surface area (Å²) >= 11 is 12.1. The molecule has 1 aliphatic heterocycles. The van der Waals surface area contributed by atoms with Crippen LogP contribution in [0.25, 0.3) is 0 Å². The van der Waals surface area contributed by atoms with E-state index in [1.165, 1.54) is 5.56 Å². The standard InChI is InChI=1S/C15H13Cl2N3.ClH/c16-11-5-3-6-12(14(11)17)19-15(18)20-9-8-10-4-1-2-7-13(10)20;/h1-7H,8-9H2,(H2,18,19);1H. The Morgan fingerprint density at radius 3 is 2.67 bits per heavy atom. The van der Waals surface area contributed by atoms with Gasteiger partial charge in [-0.05, 0) is 30.2 Å². The van der Waals surface area contributed by atoms with Gasteiger partial charge in [-0.25, -0.2) is 4.99 Å². The van der Waals surface area contributed by atoms with Gasteiger partial charge in [-0.1, -0.05) is 47.5 Å². The van der Waals surface area contributed by atoms with Gasteiger partial charge in [0.15, 0.2) is 0 Å². The number of rotatable bonds is 1. The van der Waals surface area contributed by atoms with Gasteiger partial charge in [0.25, 0.3) is 0 Å². The van der Waals surface area contributed by atoms with Crippen molar-refractivity contribution in [2.45, 2.75) is 6.42 Å². The number of benzene rings is 2. The predicted molar refractivity (Wildman–Crippen MR) is 92.5 cm³/mol. The minimum absolute atomic E-state index is 0. The van der Waals surface area contributed by atoms with E-state index in [4.69, 9.17) is 28.9 Å². The highest BCUT2D eigenvalue weighted by Gasteiger charge is 2.21. The number of nitrogens with two attached hydrogens (primary N) is 1. The van der Waals surface area contributed by atoms with Gasteiger partial charge in [-0.15, -0.1) is 12.4 Å². The van der Waals surface area contributed by atoms with E-state index >= 15 is 0 Å².